The molecule has 0 bridgehead atoms. The van der Waals surface area contributed by atoms with Gasteiger partial charge in [-0.05, 0) is 43.2 Å². The van der Waals surface area contributed by atoms with Crippen LogP contribution in [0.15, 0.2) is 47.4 Å². The van der Waals surface area contributed by atoms with Crippen LogP contribution in [0.25, 0.3) is 11.0 Å². The van der Waals surface area contributed by atoms with Crippen molar-refractivity contribution in [1.29, 1.82) is 0 Å². The van der Waals surface area contributed by atoms with Crippen molar-refractivity contribution in [3.8, 4) is 0 Å². The third kappa shape index (κ3) is 2.68. The molecule has 1 atom stereocenters. The molecule has 134 valence electrons. The van der Waals surface area contributed by atoms with Gasteiger partial charge in [-0.2, -0.15) is 0 Å². The highest BCUT2D eigenvalue weighted by Crippen LogP contribution is 2.32. The second-order valence-electron chi connectivity index (χ2n) is 6.59. The van der Waals surface area contributed by atoms with Crippen LogP contribution < -0.4 is 5.32 Å². The maximum Gasteiger partial charge on any atom is 0.251 e. The Morgan fingerprint density at radius 1 is 1.23 bits per heavy atom. The van der Waals surface area contributed by atoms with Crippen LogP contribution in [-0.4, -0.2) is 29.6 Å². The molecule has 0 unspecified atom stereocenters. The number of aromatic nitrogens is 2. The van der Waals surface area contributed by atoms with Crippen LogP contribution in [0.2, 0.25) is 0 Å². The smallest absolute Gasteiger partial charge is 0.251 e. The van der Waals surface area contributed by atoms with E-state index in [-0.39, 0.29) is 17.7 Å². The van der Waals surface area contributed by atoms with Crippen LogP contribution >= 0.6 is 0 Å². The molecule has 6 nitrogen and oxygen atoms in total. The maximum atomic E-state index is 12.7. The van der Waals surface area contributed by atoms with E-state index in [2.05, 4.69) is 10.3 Å². The summed E-state index contributed by atoms with van der Waals surface area (Å²) < 4.78 is 26.4. The van der Waals surface area contributed by atoms with Gasteiger partial charge in [-0.3, -0.25) is 4.79 Å². The average molecular weight is 369 g/mol. The van der Waals surface area contributed by atoms with Gasteiger partial charge in [-0.15, -0.1) is 0 Å². The Morgan fingerprint density at radius 2 is 2.00 bits per heavy atom. The fourth-order valence-corrected chi connectivity index (χ4v) is 5.06. The molecular formula is C19H19N3O3S. The number of fused-ring (bicyclic) bond motifs is 2. The van der Waals surface area contributed by atoms with Crippen LogP contribution in [0.1, 0.15) is 34.2 Å². The van der Waals surface area contributed by atoms with Crippen molar-refractivity contribution in [2.75, 3.05) is 5.75 Å². The molecular weight excluding hydrogens is 350 g/mol. The summed E-state index contributed by atoms with van der Waals surface area (Å²) in [4.78, 5) is 17.5. The molecule has 0 fully saturated rings. The molecule has 0 aliphatic carbocycles. The molecule has 1 aliphatic rings. The first-order valence-electron chi connectivity index (χ1n) is 8.42. The predicted octanol–water partition coefficient (Wildman–Crippen LogP) is 2.53. The summed E-state index contributed by atoms with van der Waals surface area (Å²) in [6, 6.07) is 12.0. The lowest BCUT2D eigenvalue weighted by Gasteiger charge is -2.26. The molecule has 1 aliphatic heterocycles. The van der Waals surface area contributed by atoms with Crippen LogP contribution in [0.3, 0.4) is 0 Å². The molecule has 1 amide bonds. The van der Waals surface area contributed by atoms with Gasteiger partial charge in [0.1, 0.15) is 5.82 Å². The van der Waals surface area contributed by atoms with Crippen molar-refractivity contribution >= 4 is 26.8 Å². The minimum Gasteiger partial charge on any atom is -0.345 e. The van der Waals surface area contributed by atoms with E-state index in [1.165, 1.54) is 0 Å². The summed E-state index contributed by atoms with van der Waals surface area (Å²) in [5, 5.41) is 2.98. The molecule has 1 N–H and O–H groups in total. The lowest BCUT2D eigenvalue weighted by atomic mass is 10.0. The second-order valence-corrected chi connectivity index (χ2v) is 8.67. The summed E-state index contributed by atoms with van der Waals surface area (Å²) in [5.41, 5.74) is 2.90. The second kappa shape index (κ2) is 5.95. The average Bonchev–Trinajstić information content (AvgIpc) is 2.91. The van der Waals surface area contributed by atoms with Gasteiger partial charge in [0.2, 0.25) is 0 Å². The van der Waals surface area contributed by atoms with Crippen molar-refractivity contribution in [2.24, 2.45) is 7.05 Å². The van der Waals surface area contributed by atoms with Gasteiger partial charge in [0, 0.05) is 12.6 Å². The van der Waals surface area contributed by atoms with Gasteiger partial charge in [0.05, 0.1) is 27.7 Å². The van der Waals surface area contributed by atoms with Gasteiger partial charge < -0.3 is 9.88 Å². The minimum absolute atomic E-state index is 0.0351. The molecule has 26 heavy (non-hydrogen) atoms. The highest BCUT2D eigenvalue weighted by Gasteiger charge is 2.30. The summed E-state index contributed by atoms with van der Waals surface area (Å²) >= 11 is 0. The lowest BCUT2D eigenvalue weighted by Crippen LogP contribution is -2.33. The van der Waals surface area contributed by atoms with Crippen molar-refractivity contribution in [2.45, 2.75) is 24.3 Å². The first-order chi connectivity index (χ1) is 12.4. The molecule has 3 aromatic rings. The molecule has 0 saturated carbocycles. The van der Waals surface area contributed by atoms with E-state index in [0.717, 1.165) is 16.9 Å². The number of carbonyl (C=O) groups excluding carboxylic acids is 1. The molecule has 2 aromatic carbocycles. The third-order valence-electron chi connectivity index (χ3n) is 4.98. The highest BCUT2D eigenvalue weighted by molar-refractivity contribution is 7.91. The first-order valence-corrected chi connectivity index (χ1v) is 10.1. The fraction of sp³-hybridized carbons (Fsp3) is 0.263. The molecule has 0 radical (unpaired) electrons. The predicted molar refractivity (Wildman–Crippen MR) is 98.8 cm³/mol. The van der Waals surface area contributed by atoms with Crippen molar-refractivity contribution in [3.63, 3.8) is 0 Å². The summed E-state index contributed by atoms with van der Waals surface area (Å²) in [5.74, 6) is 0.686. The number of nitrogens with zero attached hydrogens (tertiary/aromatic N) is 2. The van der Waals surface area contributed by atoms with Gasteiger partial charge in [0.15, 0.2) is 9.84 Å². The fourth-order valence-electron chi connectivity index (χ4n) is 3.44. The van der Waals surface area contributed by atoms with E-state index in [4.69, 9.17) is 0 Å². The molecule has 2 heterocycles. The maximum absolute atomic E-state index is 12.7. The van der Waals surface area contributed by atoms with E-state index in [9.17, 15) is 13.2 Å². The minimum atomic E-state index is -3.27. The van der Waals surface area contributed by atoms with Crippen molar-refractivity contribution in [1.82, 2.24) is 14.9 Å². The number of nitrogens with one attached hydrogen (secondary N) is 1. The Balaban J connectivity index is 1.65. The molecule has 4 rings (SSSR count). The van der Waals surface area contributed by atoms with E-state index in [0.29, 0.717) is 22.4 Å². The van der Waals surface area contributed by atoms with Crippen LogP contribution in [0, 0.1) is 6.92 Å². The quantitative estimate of drug-likeness (QED) is 0.753. The molecule has 7 heteroatoms. The highest BCUT2D eigenvalue weighted by atomic mass is 32.2. The van der Waals surface area contributed by atoms with Crippen molar-refractivity contribution < 1.29 is 13.2 Å². The summed E-state index contributed by atoms with van der Waals surface area (Å²) in [6.45, 7) is 1.92. The number of sulfone groups is 1. The Bertz CT molecular complexity index is 1130. The SMILES string of the molecule is Cc1nc2cc(C(=O)N[C@H]3CCS(=O)(=O)c4ccccc43)ccc2n1C. The number of hydrogen-bond acceptors (Lipinski definition) is 4. The van der Waals surface area contributed by atoms with Crippen LogP contribution in [-0.2, 0) is 16.9 Å². The van der Waals surface area contributed by atoms with E-state index < -0.39 is 9.84 Å². The summed E-state index contributed by atoms with van der Waals surface area (Å²) in [7, 11) is -1.34. The van der Waals surface area contributed by atoms with E-state index in [1.54, 1.807) is 36.4 Å². The number of benzene rings is 2. The topological polar surface area (TPSA) is 81.1 Å². The Labute approximate surface area is 151 Å². The lowest BCUT2D eigenvalue weighted by molar-refractivity contribution is 0.0934. The number of imidazole rings is 1. The standard InChI is InChI=1S/C19H19N3O3S/c1-12-20-16-11-13(7-8-17(16)22(12)2)19(23)21-15-9-10-26(24,25)18-6-4-3-5-14(15)18/h3-8,11,15H,9-10H2,1-2H3,(H,21,23)/t15-/m0/s1. The number of aryl methyl sites for hydroxylation is 2. The van der Waals surface area contributed by atoms with E-state index >= 15 is 0 Å². The largest absolute Gasteiger partial charge is 0.345 e. The van der Waals surface area contributed by atoms with Crippen LogP contribution in [0.5, 0.6) is 0 Å². The van der Waals surface area contributed by atoms with Gasteiger partial charge in [-0.25, -0.2) is 13.4 Å². The summed E-state index contributed by atoms with van der Waals surface area (Å²) in [6.07, 6.45) is 0.371. The van der Waals surface area contributed by atoms with E-state index in [1.807, 2.05) is 24.6 Å². The van der Waals surface area contributed by atoms with Crippen LogP contribution in [0.4, 0.5) is 0 Å². The van der Waals surface area contributed by atoms with Crippen molar-refractivity contribution in [3.05, 3.63) is 59.4 Å². The number of carbonyl (C=O) groups is 1. The third-order valence-corrected chi connectivity index (χ3v) is 6.79. The molecule has 1 aromatic heterocycles. The number of hydrogen-bond donors (Lipinski definition) is 1. The van der Waals surface area contributed by atoms with Gasteiger partial charge in [0.25, 0.3) is 5.91 Å². The zero-order valence-electron chi connectivity index (χ0n) is 14.6. The monoisotopic (exact) mass is 369 g/mol. The zero-order valence-corrected chi connectivity index (χ0v) is 15.4. The zero-order chi connectivity index (χ0) is 18.5. The normalized spacial score (nSPS) is 18.5. The first kappa shape index (κ1) is 16.8. The number of amides is 1. The van der Waals surface area contributed by atoms with Gasteiger partial charge >= 0.3 is 0 Å². The number of rotatable bonds is 2. The Hall–Kier alpha value is -2.67. The van der Waals surface area contributed by atoms with Gasteiger partial charge in [-0.1, -0.05) is 18.2 Å². The molecule has 0 spiro atoms. The molecule has 0 saturated heterocycles. The Morgan fingerprint density at radius 3 is 2.81 bits per heavy atom. The Kier molecular flexibility index (Phi) is 3.84.